The van der Waals surface area contributed by atoms with Gasteiger partial charge in [0.2, 0.25) is 5.91 Å². The molecule has 1 aliphatic heterocycles. The van der Waals surface area contributed by atoms with Gasteiger partial charge in [0, 0.05) is 14.9 Å². The average molecular weight is 410 g/mol. The number of para-hydroxylation sites is 1. The molecule has 1 atom stereocenters. The van der Waals surface area contributed by atoms with Gasteiger partial charge in [-0.1, -0.05) is 28.1 Å². The third-order valence-corrected chi connectivity index (χ3v) is 5.41. The zero-order valence-electron chi connectivity index (χ0n) is 12.4. The van der Waals surface area contributed by atoms with Crippen LogP contribution in [0.5, 0.6) is 0 Å². The molecule has 0 fully saturated rings. The number of halogens is 2. The van der Waals surface area contributed by atoms with E-state index in [2.05, 4.69) is 15.9 Å². The Kier molecular flexibility index (Phi) is 4.91. The minimum atomic E-state index is -1.03. The van der Waals surface area contributed by atoms with Gasteiger partial charge in [0.05, 0.1) is 23.9 Å². The third kappa shape index (κ3) is 3.47. The van der Waals surface area contributed by atoms with E-state index in [0.717, 1.165) is 4.90 Å². The topological polar surface area (TPSA) is 57.6 Å². The van der Waals surface area contributed by atoms with Crippen LogP contribution in [0.1, 0.15) is 12.0 Å². The lowest BCUT2D eigenvalue weighted by atomic mass is 10.1. The molecule has 1 N–H and O–H groups in total. The van der Waals surface area contributed by atoms with Crippen molar-refractivity contribution in [3.8, 4) is 0 Å². The quantitative estimate of drug-likeness (QED) is 0.826. The summed E-state index contributed by atoms with van der Waals surface area (Å²) in [6, 6.07) is 11.8. The Bertz CT molecular complexity index is 814. The van der Waals surface area contributed by atoms with Crippen molar-refractivity contribution < 1.29 is 19.1 Å². The van der Waals surface area contributed by atoms with Crippen LogP contribution in [0.2, 0.25) is 0 Å². The number of amides is 1. The van der Waals surface area contributed by atoms with Gasteiger partial charge in [-0.2, -0.15) is 0 Å². The molecule has 7 heteroatoms. The highest BCUT2D eigenvalue weighted by Crippen LogP contribution is 2.41. The van der Waals surface area contributed by atoms with E-state index in [-0.39, 0.29) is 18.9 Å². The number of carbonyl (C=O) groups is 2. The first kappa shape index (κ1) is 17.0. The zero-order chi connectivity index (χ0) is 17.3. The predicted octanol–water partition coefficient (Wildman–Crippen LogP) is 4.07. The summed E-state index contributed by atoms with van der Waals surface area (Å²) in [6.45, 7) is 0.0534. The van der Waals surface area contributed by atoms with Crippen molar-refractivity contribution >= 4 is 45.3 Å². The van der Waals surface area contributed by atoms with Crippen molar-refractivity contribution in [1.82, 2.24) is 0 Å². The van der Waals surface area contributed by atoms with Gasteiger partial charge in [-0.3, -0.25) is 9.59 Å². The first-order valence-corrected chi connectivity index (χ1v) is 8.86. The summed E-state index contributed by atoms with van der Waals surface area (Å²) in [5.74, 6) is -1.76. The lowest BCUT2D eigenvalue weighted by molar-refractivity contribution is -0.138. The molecule has 1 unspecified atom stereocenters. The number of anilines is 1. The molecule has 1 aliphatic rings. The Labute approximate surface area is 150 Å². The third-order valence-electron chi connectivity index (χ3n) is 3.66. The Hall–Kier alpha value is -1.86. The number of carbonyl (C=O) groups excluding carboxylic acids is 1. The van der Waals surface area contributed by atoms with Crippen LogP contribution in [0.3, 0.4) is 0 Å². The van der Waals surface area contributed by atoms with Crippen molar-refractivity contribution in [1.29, 1.82) is 0 Å². The van der Waals surface area contributed by atoms with Crippen LogP contribution in [-0.4, -0.2) is 22.2 Å². The second-order valence-corrected chi connectivity index (χ2v) is 7.49. The van der Waals surface area contributed by atoms with Crippen molar-refractivity contribution in [2.24, 2.45) is 0 Å². The fraction of sp³-hybridized carbons (Fsp3) is 0.176. The Morgan fingerprint density at radius 2 is 2.04 bits per heavy atom. The van der Waals surface area contributed by atoms with Gasteiger partial charge in [-0.15, -0.1) is 11.8 Å². The second-order valence-electron chi connectivity index (χ2n) is 5.33. The molecular weight excluding hydrogens is 397 g/mol. The maximum atomic E-state index is 14.1. The molecule has 0 spiro atoms. The average Bonchev–Trinajstić information content (AvgIpc) is 2.54. The molecule has 0 saturated heterocycles. The molecule has 124 valence electrons. The van der Waals surface area contributed by atoms with E-state index in [0.29, 0.717) is 15.7 Å². The number of aliphatic carboxylic acids is 1. The number of benzene rings is 2. The molecule has 1 amide bonds. The summed E-state index contributed by atoms with van der Waals surface area (Å²) in [7, 11) is 0. The molecule has 24 heavy (non-hydrogen) atoms. The van der Waals surface area contributed by atoms with Crippen LogP contribution in [0, 0.1) is 5.82 Å². The van der Waals surface area contributed by atoms with E-state index < -0.39 is 17.0 Å². The Balaban J connectivity index is 1.99. The second kappa shape index (κ2) is 6.94. The van der Waals surface area contributed by atoms with Crippen LogP contribution in [0.4, 0.5) is 10.1 Å². The molecule has 0 aromatic heterocycles. The summed E-state index contributed by atoms with van der Waals surface area (Å²) in [4.78, 5) is 26.1. The number of rotatable bonds is 4. The van der Waals surface area contributed by atoms with Gasteiger partial charge in [0.15, 0.2) is 0 Å². The van der Waals surface area contributed by atoms with Crippen LogP contribution >= 0.6 is 27.7 Å². The molecule has 3 rings (SSSR count). The minimum Gasteiger partial charge on any atom is -0.481 e. The van der Waals surface area contributed by atoms with Crippen molar-refractivity contribution in [2.45, 2.75) is 23.1 Å². The normalized spacial score (nSPS) is 16.8. The molecule has 0 saturated carbocycles. The number of nitrogens with zero attached hydrogens (tertiary/aromatic N) is 1. The van der Waals surface area contributed by atoms with E-state index in [1.54, 1.807) is 24.3 Å². The van der Waals surface area contributed by atoms with Crippen LogP contribution in [0.15, 0.2) is 51.8 Å². The number of carboxylic acid groups (broad SMARTS) is 1. The highest BCUT2D eigenvalue weighted by molar-refractivity contribution is 9.10. The van der Waals surface area contributed by atoms with E-state index >= 15 is 0 Å². The number of hydrogen-bond acceptors (Lipinski definition) is 3. The SMILES string of the molecule is O=C(O)CC1Sc2ccccc2N(Cc2cc(Br)ccc2F)C1=O. The summed E-state index contributed by atoms with van der Waals surface area (Å²) >= 11 is 4.54. The van der Waals surface area contributed by atoms with Crippen molar-refractivity contribution in [3.05, 3.63) is 58.3 Å². The Morgan fingerprint density at radius 3 is 2.79 bits per heavy atom. The standard InChI is InChI=1S/C17H13BrFNO3S/c18-11-5-6-12(19)10(7-11)9-20-13-3-1-2-4-14(13)24-15(17(20)23)8-16(21)22/h1-7,15H,8-9H2,(H,21,22). The smallest absolute Gasteiger partial charge is 0.305 e. The maximum absolute atomic E-state index is 14.1. The highest BCUT2D eigenvalue weighted by atomic mass is 79.9. The predicted molar refractivity (Wildman–Crippen MR) is 93.6 cm³/mol. The largest absolute Gasteiger partial charge is 0.481 e. The fourth-order valence-corrected chi connectivity index (χ4v) is 4.19. The van der Waals surface area contributed by atoms with Crippen LogP contribution in [-0.2, 0) is 16.1 Å². The summed E-state index contributed by atoms with van der Waals surface area (Å²) in [5.41, 5.74) is 1.04. The first-order valence-electron chi connectivity index (χ1n) is 7.18. The monoisotopic (exact) mass is 409 g/mol. The van der Waals surface area contributed by atoms with Crippen LogP contribution in [0.25, 0.3) is 0 Å². The van der Waals surface area contributed by atoms with Gasteiger partial charge in [0.1, 0.15) is 5.82 Å². The van der Waals surface area contributed by atoms with Crippen LogP contribution < -0.4 is 4.90 Å². The van der Waals surface area contributed by atoms with Gasteiger partial charge >= 0.3 is 5.97 Å². The van der Waals surface area contributed by atoms with E-state index in [9.17, 15) is 14.0 Å². The summed E-state index contributed by atoms with van der Waals surface area (Å²) in [5, 5.41) is 8.32. The Morgan fingerprint density at radius 1 is 1.29 bits per heavy atom. The maximum Gasteiger partial charge on any atom is 0.305 e. The molecule has 4 nitrogen and oxygen atoms in total. The molecule has 2 aromatic rings. The number of fused-ring (bicyclic) bond motifs is 1. The molecule has 0 bridgehead atoms. The van der Waals surface area contributed by atoms with E-state index in [1.807, 2.05) is 12.1 Å². The number of thioether (sulfide) groups is 1. The van der Waals surface area contributed by atoms with Crippen molar-refractivity contribution in [2.75, 3.05) is 4.90 Å². The molecule has 2 aromatic carbocycles. The van der Waals surface area contributed by atoms with Gasteiger partial charge in [0.25, 0.3) is 0 Å². The molecule has 1 heterocycles. The fourth-order valence-electron chi connectivity index (χ4n) is 2.56. The summed E-state index contributed by atoms with van der Waals surface area (Å²) < 4.78 is 14.8. The molecular formula is C17H13BrFNO3S. The van der Waals surface area contributed by atoms with Gasteiger partial charge < -0.3 is 10.0 Å². The molecule has 0 aliphatic carbocycles. The number of hydrogen-bond donors (Lipinski definition) is 1. The number of carboxylic acids is 1. The molecule has 0 radical (unpaired) electrons. The lowest BCUT2D eigenvalue weighted by Gasteiger charge is -2.33. The highest BCUT2D eigenvalue weighted by Gasteiger charge is 2.35. The van der Waals surface area contributed by atoms with E-state index in [1.165, 1.54) is 22.7 Å². The van der Waals surface area contributed by atoms with E-state index in [4.69, 9.17) is 5.11 Å². The zero-order valence-corrected chi connectivity index (χ0v) is 14.8. The summed E-state index contributed by atoms with van der Waals surface area (Å²) in [6.07, 6.45) is -0.269. The van der Waals surface area contributed by atoms with Crippen molar-refractivity contribution in [3.63, 3.8) is 0 Å². The van der Waals surface area contributed by atoms with Gasteiger partial charge in [-0.05, 0) is 30.3 Å². The first-order chi connectivity index (χ1) is 11.5. The minimum absolute atomic E-state index is 0.0534. The van der Waals surface area contributed by atoms with Gasteiger partial charge in [-0.25, -0.2) is 4.39 Å². The lowest BCUT2D eigenvalue weighted by Crippen LogP contribution is -2.41.